The third-order valence-electron chi connectivity index (χ3n) is 3.25. The van der Waals surface area contributed by atoms with Crippen LogP contribution in [0.5, 0.6) is 0 Å². The van der Waals surface area contributed by atoms with Crippen molar-refractivity contribution in [1.29, 1.82) is 0 Å². The molecule has 2 aromatic carbocycles. The first kappa shape index (κ1) is 15.5. The number of aliphatic hydroxyl groups is 1. The van der Waals surface area contributed by atoms with Crippen molar-refractivity contribution in [2.45, 2.75) is 26.1 Å². The van der Waals surface area contributed by atoms with E-state index >= 15 is 0 Å². The summed E-state index contributed by atoms with van der Waals surface area (Å²) in [5.41, 5.74) is 3.20. The van der Waals surface area contributed by atoms with Crippen molar-refractivity contribution in [2.24, 2.45) is 0 Å². The average molecular weight is 355 g/mol. The molecule has 0 spiro atoms. The topological polar surface area (TPSA) is 32.3 Å². The van der Waals surface area contributed by atoms with Gasteiger partial charge in [-0.05, 0) is 35.7 Å². The van der Waals surface area contributed by atoms with Crippen LogP contribution in [0.2, 0.25) is 5.02 Å². The van der Waals surface area contributed by atoms with Crippen LogP contribution >= 0.6 is 27.5 Å². The lowest BCUT2D eigenvalue weighted by Gasteiger charge is -2.16. The molecule has 0 heterocycles. The summed E-state index contributed by atoms with van der Waals surface area (Å²) in [7, 11) is 0. The second-order valence-electron chi connectivity index (χ2n) is 4.74. The van der Waals surface area contributed by atoms with E-state index in [1.165, 1.54) is 5.56 Å². The molecule has 1 atom stereocenters. The molecule has 0 radical (unpaired) electrons. The van der Waals surface area contributed by atoms with Crippen molar-refractivity contribution in [1.82, 2.24) is 5.32 Å². The van der Waals surface area contributed by atoms with Crippen molar-refractivity contribution in [2.75, 3.05) is 0 Å². The molecule has 4 heteroatoms. The predicted octanol–water partition coefficient (Wildman–Crippen LogP) is 4.45. The summed E-state index contributed by atoms with van der Waals surface area (Å²) in [4.78, 5) is 0. The Morgan fingerprint density at radius 3 is 2.40 bits per heavy atom. The van der Waals surface area contributed by atoms with Crippen molar-refractivity contribution < 1.29 is 5.11 Å². The first-order valence-corrected chi connectivity index (χ1v) is 7.64. The molecule has 2 aromatic rings. The van der Waals surface area contributed by atoms with E-state index in [0.717, 1.165) is 27.2 Å². The van der Waals surface area contributed by atoms with Gasteiger partial charge in [0.15, 0.2) is 0 Å². The summed E-state index contributed by atoms with van der Waals surface area (Å²) in [5, 5.41) is 13.2. The minimum absolute atomic E-state index is 0.0820. The van der Waals surface area contributed by atoms with Crippen molar-refractivity contribution in [3.05, 3.63) is 68.7 Å². The zero-order valence-electron chi connectivity index (χ0n) is 11.2. The van der Waals surface area contributed by atoms with E-state index in [-0.39, 0.29) is 12.6 Å². The molecule has 1 unspecified atom stereocenters. The number of hydrogen-bond acceptors (Lipinski definition) is 2. The Labute approximate surface area is 132 Å². The van der Waals surface area contributed by atoms with Crippen molar-refractivity contribution in [3.63, 3.8) is 0 Å². The summed E-state index contributed by atoms with van der Waals surface area (Å²) in [6, 6.07) is 14.0. The van der Waals surface area contributed by atoms with Crippen LogP contribution in [-0.2, 0) is 13.2 Å². The number of hydrogen-bond donors (Lipinski definition) is 2. The zero-order valence-corrected chi connectivity index (χ0v) is 13.6. The second kappa shape index (κ2) is 7.23. The third kappa shape index (κ3) is 4.06. The summed E-state index contributed by atoms with van der Waals surface area (Å²) in [6.45, 7) is 2.94. The van der Waals surface area contributed by atoms with Gasteiger partial charge in [0.2, 0.25) is 0 Å². The predicted molar refractivity (Wildman–Crippen MR) is 86.8 cm³/mol. The molecule has 2 N–H and O–H groups in total. The number of benzene rings is 2. The summed E-state index contributed by atoms with van der Waals surface area (Å²) in [6.07, 6.45) is 0. The third-order valence-corrected chi connectivity index (χ3v) is 4.07. The highest BCUT2D eigenvalue weighted by Gasteiger charge is 2.09. The van der Waals surface area contributed by atoms with Gasteiger partial charge in [-0.25, -0.2) is 0 Å². The lowest BCUT2D eigenvalue weighted by Crippen LogP contribution is -2.18. The summed E-state index contributed by atoms with van der Waals surface area (Å²) in [5.74, 6) is 0. The van der Waals surface area contributed by atoms with Crippen molar-refractivity contribution >= 4 is 27.5 Å². The molecular formula is C16H17BrClNO. The van der Waals surface area contributed by atoms with Crippen LogP contribution in [0.4, 0.5) is 0 Å². The SMILES string of the molecule is CC(NCc1ccc(CO)cc1)c1ccc(Br)cc1Cl. The Hall–Kier alpha value is -0.870. The van der Waals surface area contributed by atoms with Gasteiger partial charge in [0.25, 0.3) is 0 Å². The van der Waals surface area contributed by atoms with Gasteiger partial charge in [-0.2, -0.15) is 0 Å². The molecule has 2 rings (SSSR count). The van der Waals surface area contributed by atoms with Gasteiger partial charge in [-0.1, -0.05) is 57.9 Å². The van der Waals surface area contributed by atoms with Gasteiger partial charge in [0.05, 0.1) is 6.61 Å². The van der Waals surface area contributed by atoms with Crippen LogP contribution in [0.25, 0.3) is 0 Å². The zero-order chi connectivity index (χ0) is 14.5. The fraction of sp³-hybridized carbons (Fsp3) is 0.250. The highest BCUT2D eigenvalue weighted by Crippen LogP contribution is 2.26. The van der Waals surface area contributed by atoms with Crippen molar-refractivity contribution in [3.8, 4) is 0 Å². The lowest BCUT2D eigenvalue weighted by molar-refractivity contribution is 0.282. The molecule has 0 bridgehead atoms. The molecular weight excluding hydrogens is 338 g/mol. The first-order valence-electron chi connectivity index (χ1n) is 6.47. The Balaban J connectivity index is 1.98. The van der Waals surface area contributed by atoms with Gasteiger partial charge < -0.3 is 10.4 Å². The molecule has 0 aromatic heterocycles. The van der Waals surface area contributed by atoms with Crippen LogP contribution < -0.4 is 5.32 Å². The fourth-order valence-electron chi connectivity index (χ4n) is 2.00. The second-order valence-corrected chi connectivity index (χ2v) is 6.07. The standard InChI is InChI=1S/C16H17BrClNO/c1-11(15-7-6-14(17)8-16(15)18)19-9-12-2-4-13(10-20)5-3-12/h2-8,11,19-20H,9-10H2,1H3. The van der Waals surface area contributed by atoms with E-state index in [2.05, 4.69) is 28.2 Å². The molecule has 2 nitrogen and oxygen atoms in total. The molecule has 106 valence electrons. The quantitative estimate of drug-likeness (QED) is 0.831. The molecule has 0 aliphatic rings. The number of rotatable bonds is 5. The van der Waals surface area contributed by atoms with Crippen LogP contribution in [0, 0.1) is 0 Å². The monoisotopic (exact) mass is 353 g/mol. The van der Waals surface area contributed by atoms with E-state index in [1.807, 2.05) is 42.5 Å². The molecule has 0 fully saturated rings. The molecule has 0 saturated heterocycles. The van der Waals surface area contributed by atoms with Gasteiger partial charge in [-0.3, -0.25) is 0 Å². The van der Waals surface area contributed by atoms with Crippen LogP contribution in [-0.4, -0.2) is 5.11 Å². The maximum atomic E-state index is 9.01. The van der Waals surface area contributed by atoms with E-state index in [9.17, 15) is 0 Å². The average Bonchev–Trinajstić information content (AvgIpc) is 2.45. The van der Waals surface area contributed by atoms with Gasteiger partial charge in [0, 0.05) is 22.1 Å². The Bertz CT molecular complexity index is 571. The highest BCUT2D eigenvalue weighted by molar-refractivity contribution is 9.10. The largest absolute Gasteiger partial charge is 0.392 e. The summed E-state index contributed by atoms with van der Waals surface area (Å²) < 4.78 is 0.984. The molecule has 0 aliphatic heterocycles. The smallest absolute Gasteiger partial charge is 0.0681 e. The normalized spacial score (nSPS) is 12.4. The van der Waals surface area contributed by atoms with E-state index < -0.39 is 0 Å². The van der Waals surface area contributed by atoms with E-state index in [4.69, 9.17) is 16.7 Å². The van der Waals surface area contributed by atoms with Gasteiger partial charge in [-0.15, -0.1) is 0 Å². The van der Waals surface area contributed by atoms with E-state index in [0.29, 0.717) is 0 Å². The molecule has 0 amide bonds. The highest BCUT2D eigenvalue weighted by atomic mass is 79.9. The minimum Gasteiger partial charge on any atom is -0.392 e. The number of halogens is 2. The molecule has 20 heavy (non-hydrogen) atoms. The Kier molecular flexibility index (Phi) is 5.61. The van der Waals surface area contributed by atoms with Crippen LogP contribution in [0.1, 0.15) is 29.7 Å². The van der Waals surface area contributed by atoms with E-state index in [1.54, 1.807) is 0 Å². The maximum Gasteiger partial charge on any atom is 0.0681 e. The minimum atomic E-state index is 0.0820. The summed E-state index contributed by atoms with van der Waals surface area (Å²) >= 11 is 9.66. The Morgan fingerprint density at radius 1 is 1.15 bits per heavy atom. The maximum absolute atomic E-state index is 9.01. The lowest BCUT2D eigenvalue weighted by atomic mass is 10.1. The number of nitrogens with one attached hydrogen (secondary N) is 1. The molecule has 0 saturated carbocycles. The molecule has 0 aliphatic carbocycles. The van der Waals surface area contributed by atoms with Gasteiger partial charge >= 0.3 is 0 Å². The van der Waals surface area contributed by atoms with Gasteiger partial charge in [0.1, 0.15) is 0 Å². The Morgan fingerprint density at radius 2 is 1.80 bits per heavy atom. The number of aliphatic hydroxyl groups excluding tert-OH is 1. The fourth-order valence-corrected chi connectivity index (χ4v) is 2.83. The first-order chi connectivity index (χ1) is 9.60. The van der Waals surface area contributed by atoms with Crippen LogP contribution in [0.3, 0.4) is 0 Å². The van der Waals surface area contributed by atoms with Crippen LogP contribution in [0.15, 0.2) is 46.9 Å².